The van der Waals surface area contributed by atoms with E-state index in [0.29, 0.717) is 40.6 Å². The van der Waals surface area contributed by atoms with Crippen molar-refractivity contribution in [3.05, 3.63) is 81.9 Å². The van der Waals surface area contributed by atoms with E-state index < -0.39 is 28.3 Å². The van der Waals surface area contributed by atoms with Crippen molar-refractivity contribution < 1.29 is 27.0 Å². The zero-order valence-corrected chi connectivity index (χ0v) is 18.4. The van der Waals surface area contributed by atoms with Gasteiger partial charge in [-0.25, -0.2) is 18.2 Å². The molecule has 0 saturated heterocycles. The monoisotopic (exact) mass is 474 g/mol. The number of pyridine rings is 1. The molecular weight excluding hydrogens is 456 g/mol. The number of nitrogens with zero attached hydrogens (tertiary/aromatic N) is 2. The van der Waals surface area contributed by atoms with Crippen molar-refractivity contribution in [3.8, 4) is 11.5 Å². The van der Waals surface area contributed by atoms with Crippen LogP contribution in [0.4, 0.5) is 23.4 Å². The molecule has 1 aromatic heterocycles. The largest absolute Gasteiger partial charge is 0.497 e. The second-order valence-electron chi connectivity index (χ2n) is 5.99. The molecule has 0 fully saturated rings. The van der Waals surface area contributed by atoms with Gasteiger partial charge in [0, 0.05) is 23.2 Å². The predicted octanol–water partition coefficient (Wildman–Crippen LogP) is 7.00. The molecule has 0 aliphatic heterocycles. The van der Waals surface area contributed by atoms with Crippen LogP contribution in [-0.4, -0.2) is 19.2 Å². The Bertz CT molecular complexity index is 1010. The van der Waals surface area contributed by atoms with Gasteiger partial charge >= 0.3 is 0 Å². The third-order valence-electron chi connectivity index (χ3n) is 3.82. The van der Waals surface area contributed by atoms with Crippen LogP contribution in [0.5, 0.6) is 11.5 Å². The van der Waals surface area contributed by atoms with Crippen molar-refractivity contribution in [3.63, 3.8) is 0 Å². The van der Waals surface area contributed by atoms with Gasteiger partial charge in [0.25, 0.3) is 0 Å². The van der Waals surface area contributed by atoms with Gasteiger partial charge in [-0.3, -0.25) is 4.31 Å². The minimum atomic E-state index is -1.19. The number of aromatic nitrogens is 1. The van der Waals surface area contributed by atoms with Crippen LogP contribution in [0.1, 0.15) is 12.5 Å². The van der Waals surface area contributed by atoms with Crippen LogP contribution in [0.25, 0.3) is 0 Å². The van der Waals surface area contributed by atoms with Crippen molar-refractivity contribution in [2.45, 2.75) is 13.5 Å². The maximum absolute atomic E-state index is 14.5. The van der Waals surface area contributed by atoms with E-state index in [4.69, 9.17) is 21.1 Å². The van der Waals surface area contributed by atoms with Crippen LogP contribution in [0.15, 0.2) is 70.4 Å². The van der Waals surface area contributed by atoms with Crippen molar-refractivity contribution in [1.82, 2.24) is 4.98 Å². The maximum atomic E-state index is 14.5. The Hall–Kier alpha value is -2.65. The Morgan fingerprint density at radius 2 is 1.90 bits per heavy atom. The van der Waals surface area contributed by atoms with E-state index in [2.05, 4.69) is 4.98 Å². The fourth-order valence-corrected chi connectivity index (χ4v) is 3.52. The second-order valence-corrected chi connectivity index (χ2v) is 7.24. The lowest BCUT2D eigenvalue weighted by molar-refractivity contribution is 0.391. The van der Waals surface area contributed by atoms with E-state index in [1.165, 1.54) is 30.7 Å². The molecule has 31 heavy (non-hydrogen) atoms. The first-order valence-electron chi connectivity index (χ1n) is 8.77. The summed E-state index contributed by atoms with van der Waals surface area (Å²) in [4.78, 5) is 3.17. The number of ether oxygens (including phenoxy) is 2. The van der Waals surface area contributed by atoms with E-state index in [-0.39, 0.29) is 12.4 Å². The van der Waals surface area contributed by atoms with Crippen LogP contribution < -0.4 is 13.8 Å². The number of hydrogen-bond acceptors (Lipinski definition) is 5. The summed E-state index contributed by atoms with van der Waals surface area (Å²) in [6.45, 7) is 1.01. The van der Waals surface area contributed by atoms with E-state index >= 15 is 0 Å². The molecule has 0 unspecified atom stereocenters. The number of rotatable bonds is 9. The highest BCUT2D eigenvalue weighted by Gasteiger charge is 2.21. The van der Waals surface area contributed by atoms with Crippen LogP contribution in [0.3, 0.4) is 0 Å². The minimum Gasteiger partial charge on any atom is -0.497 e. The Labute approximate surface area is 186 Å². The van der Waals surface area contributed by atoms with Crippen molar-refractivity contribution >= 4 is 29.4 Å². The number of methoxy groups -OCH3 is 2. The van der Waals surface area contributed by atoms with E-state index in [0.717, 1.165) is 13.0 Å². The average molecular weight is 475 g/mol. The number of allylic oxidation sites excluding steroid dienone is 4. The molecule has 0 amide bonds. The highest BCUT2D eigenvalue weighted by molar-refractivity contribution is 8.04. The normalized spacial score (nSPS) is 13.0. The quantitative estimate of drug-likeness (QED) is 0.169. The van der Waals surface area contributed by atoms with Gasteiger partial charge in [0.1, 0.15) is 28.0 Å². The highest BCUT2D eigenvalue weighted by atomic mass is 35.5. The first-order chi connectivity index (χ1) is 14.8. The minimum absolute atomic E-state index is 0.00104. The van der Waals surface area contributed by atoms with E-state index in [9.17, 15) is 17.6 Å². The predicted molar refractivity (Wildman–Crippen MR) is 116 cm³/mol. The van der Waals surface area contributed by atoms with Gasteiger partial charge in [-0.15, -0.1) is 0 Å². The topological polar surface area (TPSA) is 34.6 Å². The molecule has 2 aromatic rings. The second kappa shape index (κ2) is 11.7. The van der Waals surface area contributed by atoms with Gasteiger partial charge in [0.2, 0.25) is 5.95 Å². The lowest BCUT2D eigenvalue weighted by Gasteiger charge is -2.24. The molecule has 166 valence electrons. The molecule has 0 atom stereocenters. The van der Waals surface area contributed by atoms with Crippen LogP contribution >= 0.6 is 23.5 Å². The molecule has 1 aromatic carbocycles. The van der Waals surface area contributed by atoms with Crippen LogP contribution in [-0.2, 0) is 6.54 Å². The van der Waals surface area contributed by atoms with Gasteiger partial charge in [0.15, 0.2) is 5.83 Å². The first-order valence-corrected chi connectivity index (χ1v) is 9.98. The van der Waals surface area contributed by atoms with Gasteiger partial charge in [-0.2, -0.15) is 4.39 Å². The molecular formula is C21H19ClF4N2O2S. The summed E-state index contributed by atoms with van der Waals surface area (Å²) >= 11 is 5.97. The molecule has 0 spiro atoms. The molecule has 0 bridgehead atoms. The van der Waals surface area contributed by atoms with Crippen molar-refractivity contribution in [2.24, 2.45) is 0 Å². The number of benzene rings is 1. The Balaban J connectivity index is 2.55. The summed E-state index contributed by atoms with van der Waals surface area (Å²) in [6, 6.07) is 8.97. The van der Waals surface area contributed by atoms with Gasteiger partial charge in [0.05, 0.1) is 26.6 Å². The molecule has 0 aliphatic carbocycles. The molecule has 0 aliphatic rings. The summed E-state index contributed by atoms with van der Waals surface area (Å²) in [5.74, 6) is -2.95. The van der Waals surface area contributed by atoms with Crippen LogP contribution in [0, 0.1) is 5.95 Å². The highest BCUT2D eigenvalue weighted by Crippen LogP contribution is 2.38. The zero-order chi connectivity index (χ0) is 23.0. The molecule has 0 saturated carbocycles. The van der Waals surface area contributed by atoms with Crippen LogP contribution in [0.2, 0.25) is 0 Å². The lowest BCUT2D eigenvalue weighted by atomic mass is 10.2. The summed E-state index contributed by atoms with van der Waals surface area (Å²) in [6.07, 6.45) is 0.521. The summed E-state index contributed by atoms with van der Waals surface area (Å²) < 4.78 is 67.7. The third kappa shape index (κ3) is 6.93. The van der Waals surface area contributed by atoms with Gasteiger partial charge in [-0.1, -0.05) is 17.7 Å². The van der Waals surface area contributed by atoms with E-state index in [1.807, 2.05) is 0 Å². The van der Waals surface area contributed by atoms with Gasteiger partial charge < -0.3 is 9.47 Å². The third-order valence-corrected chi connectivity index (χ3v) is 5.12. The number of hydrogen-bond donors (Lipinski definition) is 0. The Morgan fingerprint density at radius 3 is 2.48 bits per heavy atom. The molecule has 2 rings (SSSR count). The van der Waals surface area contributed by atoms with Gasteiger partial charge in [-0.05, 0) is 43.1 Å². The zero-order valence-electron chi connectivity index (χ0n) is 16.8. The van der Waals surface area contributed by atoms with Crippen molar-refractivity contribution in [2.75, 3.05) is 18.5 Å². The fraction of sp³-hybridized carbons (Fsp3) is 0.190. The smallest absolute Gasteiger partial charge is 0.214 e. The average Bonchev–Trinajstić information content (AvgIpc) is 2.75. The number of halogens is 5. The Kier molecular flexibility index (Phi) is 9.26. The number of anilines is 1. The lowest BCUT2D eigenvalue weighted by Crippen LogP contribution is -2.17. The fourth-order valence-electron chi connectivity index (χ4n) is 2.43. The van der Waals surface area contributed by atoms with Crippen molar-refractivity contribution in [1.29, 1.82) is 0 Å². The van der Waals surface area contributed by atoms with E-state index in [1.54, 1.807) is 18.2 Å². The summed E-state index contributed by atoms with van der Waals surface area (Å²) in [5.41, 5.74) is 1.11. The summed E-state index contributed by atoms with van der Waals surface area (Å²) in [5, 5.41) is 0. The molecule has 0 N–H and O–H groups in total. The molecule has 1 heterocycles. The Morgan fingerprint density at radius 1 is 1.16 bits per heavy atom. The standard InChI is InChI=1S/C21H19ClF4N2O2S/c1-13(23)9-16(24)21(17(25)11-22)31-28(20-6-4-5-19(26)27-20)12-14-7-8-15(29-2)10-18(14)30-3/h4-11H,12H2,1-3H3/b13-9+,17-11-,21-16-. The summed E-state index contributed by atoms with van der Waals surface area (Å²) in [7, 11) is 2.95. The first kappa shape index (κ1) is 24.6. The molecule has 0 radical (unpaired) electrons. The molecule has 4 nitrogen and oxygen atoms in total. The molecule has 10 heteroatoms. The SMILES string of the molecule is COc1ccc(CN(SC(/C(F)=C/Cl)=C(F)/C=C(\C)F)c2cccc(F)n2)c(OC)c1. The maximum Gasteiger partial charge on any atom is 0.214 e.